The molecule has 3 amide bonds. The highest BCUT2D eigenvalue weighted by Gasteiger charge is 2.34. The molecule has 1 saturated heterocycles. The molecule has 162 valence electrons. The molecule has 0 radical (unpaired) electrons. The van der Waals surface area contributed by atoms with E-state index in [2.05, 4.69) is 5.32 Å². The van der Waals surface area contributed by atoms with Crippen LogP contribution in [0.4, 0.5) is 10.5 Å². The van der Waals surface area contributed by atoms with Crippen LogP contribution in [0.3, 0.4) is 0 Å². The topological polar surface area (TPSA) is 67.9 Å². The van der Waals surface area contributed by atoms with Crippen molar-refractivity contribution in [2.75, 3.05) is 11.5 Å². The summed E-state index contributed by atoms with van der Waals surface area (Å²) in [4.78, 5) is 26.3. The van der Waals surface area contributed by atoms with E-state index in [1.54, 1.807) is 48.5 Å². The Morgan fingerprint density at radius 2 is 1.75 bits per heavy atom. The van der Waals surface area contributed by atoms with E-state index in [0.29, 0.717) is 41.0 Å². The molecule has 1 fully saturated rings. The zero-order chi connectivity index (χ0) is 22.5. The highest BCUT2D eigenvalue weighted by Crippen LogP contribution is 2.31. The second kappa shape index (κ2) is 9.58. The van der Waals surface area contributed by atoms with Gasteiger partial charge in [-0.25, -0.2) is 9.69 Å². The number of urea groups is 1. The first kappa shape index (κ1) is 21.5. The summed E-state index contributed by atoms with van der Waals surface area (Å²) in [6, 6.07) is 21.2. The number of benzene rings is 3. The molecule has 7 heteroatoms. The van der Waals surface area contributed by atoms with Crippen LogP contribution < -0.4 is 19.7 Å². The number of ether oxygens (including phenoxy) is 2. The summed E-state index contributed by atoms with van der Waals surface area (Å²) in [5.41, 5.74) is 2.30. The van der Waals surface area contributed by atoms with Crippen molar-refractivity contribution in [3.8, 4) is 11.5 Å². The summed E-state index contributed by atoms with van der Waals surface area (Å²) < 4.78 is 11.7. The Bertz CT molecular complexity index is 1180. The van der Waals surface area contributed by atoms with E-state index in [1.807, 2.05) is 37.3 Å². The lowest BCUT2D eigenvalue weighted by atomic mass is 10.1. The molecule has 6 nitrogen and oxygen atoms in total. The Morgan fingerprint density at radius 3 is 2.50 bits per heavy atom. The Labute approximate surface area is 191 Å². The third-order valence-electron chi connectivity index (χ3n) is 4.76. The van der Waals surface area contributed by atoms with Gasteiger partial charge in [-0.05, 0) is 54.5 Å². The molecule has 32 heavy (non-hydrogen) atoms. The first-order chi connectivity index (χ1) is 15.5. The summed E-state index contributed by atoms with van der Waals surface area (Å²) in [5, 5.41) is 3.05. The normalized spacial score (nSPS) is 14.6. The van der Waals surface area contributed by atoms with Gasteiger partial charge < -0.3 is 14.8 Å². The van der Waals surface area contributed by atoms with Gasteiger partial charge >= 0.3 is 6.03 Å². The summed E-state index contributed by atoms with van der Waals surface area (Å²) in [5.74, 6) is 0.695. The number of nitrogens with one attached hydrogen (secondary N) is 1. The molecule has 1 aliphatic rings. The van der Waals surface area contributed by atoms with Crippen molar-refractivity contribution in [1.82, 2.24) is 5.32 Å². The lowest BCUT2D eigenvalue weighted by Crippen LogP contribution is -2.30. The van der Waals surface area contributed by atoms with Crippen molar-refractivity contribution in [1.29, 1.82) is 0 Å². The van der Waals surface area contributed by atoms with Crippen LogP contribution in [0.25, 0.3) is 6.08 Å². The van der Waals surface area contributed by atoms with Crippen molar-refractivity contribution < 1.29 is 19.1 Å². The number of imide groups is 1. The van der Waals surface area contributed by atoms with Crippen molar-refractivity contribution in [2.45, 2.75) is 13.5 Å². The van der Waals surface area contributed by atoms with Crippen molar-refractivity contribution in [2.24, 2.45) is 0 Å². The summed E-state index contributed by atoms with van der Waals surface area (Å²) >= 11 is 6.00. The highest BCUT2D eigenvalue weighted by molar-refractivity contribution is 6.32. The summed E-state index contributed by atoms with van der Waals surface area (Å²) in [7, 11) is 0. The van der Waals surface area contributed by atoms with Gasteiger partial charge in [-0.2, -0.15) is 0 Å². The van der Waals surface area contributed by atoms with Crippen LogP contribution in [-0.4, -0.2) is 18.5 Å². The van der Waals surface area contributed by atoms with Gasteiger partial charge in [0.1, 0.15) is 12.3 Å². The number of carbonyl (C=O) groups is 2. The SMILES string of the molecule is CCOc1cc(/C=C2/NC(=O)N(c3cccc(Cl)c3)C2=O)ccc1OCc1ccccc1. The van der Waals surface area contributed by atoms with Crippen LogP contribution in [0.5, 0.6) is 11.5 Å². The maximum atomic E-state index is 12.8. The van der Waals surface area contributed by atoms with Crippen LogP contribution in [-0.2, 0) is 11.4 Å². The zero-order valence-electron chi connectivity index (χ0n) is 17.4. The van der Waals surface area contributed by atoms with Gasteiger partial charge in [0.2, 0.25) is 0 Å². The molecule has 0 saturated carbocycles. The fourth-order valence-electron chi connectivity index (χ4n) is 3.29. The van der Waals surface area contributed by atoms with Crippen molar-refractivity contribution in [3.63, 3.8) is 0 Å². The third-order valence-corrected chi connectivity index (χ3v) is 5.00. The average molecular weight is 449 g/mol. The standard InChI is InChI=1S/C25H21ClN2O4/c1-2-31-23-14-18(11-12-22(23)32-16-17-7-4-3-5-8-17)13-21-24(29)28(25(30)27-21)20-10-6-9-19(26)15-20/h3-15H,2,16H2,1H3,(H,27,30)/b21-13+. The lowest BCUT2D eigenvalue weighted by Gasteiger charge is -2.13. The van der Waals surface area contributed by atoms with Crippen LogP contribution in [0, 0.1) is 0 Å². The molecule has 4 rings (SSSR count). The maximum absolute atomic E-state index is 12.8. The fraction of sp³-hybridized carbons (Fsp3) is 0.120. The van der Waals surface area contributed by atoms with Crippen molar-refractivity contribution >= 4 is 35.3 Å². The molecule has 3 aromatic carbocycles. The minimum absolute atomic E-state index is 0.162. The molecule has 0 aliphatic carbocycles. The number of hydrogen-bond acceptors (Lipinski definition) is 4. The Morgan fingerprint density at radius 1 is 0.938 bits per heavy atom. The Balaban J connectivity index is 1.56. The molecule has 0 atom stereocenters. The Kier molecular flexibility index (Phi) is 6.42. The van der Waals surface area contributed by atoms with Gasteiger partial charge in [-0.15, -0.1) is 0 Å². The van der Waals surface area contributed by atoms with E-state index in [4.69, 9.17) is 21.1 Å². The van der Waals surface area contributed by atoms with E-state index in [0.717, 1.165) is 10.5 Å². The predicted molar refractivity (Wildman–Crippen MR) is 124 cm³/mol. The van der Waals surface area contributed by atoms with E-state index in [-0.39, 0.29) is 5.70 Å². The minimum Gasteiger partial charge on any atom is -0.490 e. The van der Waals surface area contributed by atoms with Crippen LogP contribution in [0.2, 0.25) is 5.02 Å². The monoisotopic (exact) mass is 448 g/mol. The van der Waals surface area contributed by atoms with Crippen LogP contribution in [0.15, 0.2) is 78.5 Å². The second-order valence-electron chi connectivity index (χ2n) is 7.02. The molecule has 1 aliphatic heterocycles. The van der Waals surface area contributed by atoms with Crippen molar-refractivity contribution in [3.05, 3.63) is 94.6 Å². The first-order valence-electron chi connectivity index (χ1n) is 10.1. The largest absolute Gasteiger partial charge is 0.490 e. The van der Waals surface area contributed by atoms with Gasteiger partial charge in [0, 0.05) is 5.02 Å². The maximum Gasteiger partial charge on any atom is 0.333 e. The first-order valence-corrected chi connectivity index (χ1v) is 10.5. The number of amides is 3. The summed E-state index contributed by atoms with van der Waals surface area (Å²) in [6.45, 7) is 2.75. The number of halogens is 1. The molecule has 1 N–H and O–H groups in total. The molecular weight excluding hydrogens is 428 g/mol. The van der Waals surface area contributed by atoms with E-state index < -0.39 is 11.9 Å². The van der Waals surface area contributed by atoms with Gasteiger partial charge in [-0.1, -0.05) is 54.1 Å². The molecule has 3 aromatic rings. The minimum atomic E-state index is -0.531. The average Bonchev–Trinajstić information content (AvgIpc) is 3.07. The fourth-order valence-corrected chi connectivity index (χ4v) is 3.47. The molecule has 0 unspecified atom stereocenters. The number of rotatable bonds is 7. The zero-order valence-corrected chi connectivity index (χ0v) is 18.1. The van der Waals surface area contributed by atoms with Gasteiger partial charge in [0.05, 0.1) is 12.3 Å². The number of anilines is 1. The van der Waals surface area contributed by atoms with E-state index in [9.17, 15) is 9.59 Å². The second-order valence-corrected chi connectivity index (χ2v) is 7.46. The van der Waals surface area contributed by atoms with Crippen LogP contribution >= 0.6 is 11.6 Å². The Hall–Kier alpha value is -3.77. The molecule has 0 spiro atoms. The van der Waals surface area contributed by atoms with Gasteiger partial charge in [0.25, 0.3) is 5.91 Å². The number of hydrogen-bond donors (Lipinski definition) is 1. The van der Waals surface area contributed by atoms with Crippen LogP contribution in [0.1, 0.15) is 18.1 Å². The van der Waals surface area contributed by atoms with Gasteiger partial charge in [-0.3, -0.25) is 4.79 Å². The predicted octanol–water partition coefficient (Wildman–Crippen LogP) is 5.42. The molecule has 0 aromatic heterocycles. The summed E-state index contributed by atoms with van der Waals surface area (Å²) in [6.07, 6.45) is 1.61. The molecular formula is C25H21ClN2O4. The quantitative estimate of drug-likeness (QED) is 0.387. The lowest BCUT2D eigenvalue weighted by molar-refractivity contribution is -0.113. The van der Waals surface area contributed by atoms with E-state index >= 15 is 0 Å². The van der Waals surface area contributed by atoms with E-state index in [1.165, 1.54) is 0 Å². The number of carbonyl (C=O) groups excluding carboxylic acids is 2. The third kappa shape index (κ3) is 4.76. The molecule has 0 bridgehead atoms. The van der Waals surface area contributed by atoms with Gasteiger partial charge in [0.15, 0.2) is 11.5 Å². The highest BCUT2D eigenvalue weighted by atomic mass is 35.5. The molecule has 1 heterocycles. The smallest absolute Gasteiger partial charge is 0.333 e. The number of nitrogens with zero attached hydrogens (tertiary/aromatic N) is 1.